The molecule has 2 aliphatic rings. The summed E-state index contributed by atoms with van der Waals surface area (Å²) in [6, 6.07) is 0. The van der Waals surface area contributed by atoms with Crippen molar-refractivity contribution in [2.45, 2.75) is 70.9 Å². The van der Waals surface area contributed by atoms with Gasteiger partial charge in [0.05, 0.1) is 11.7 Å². The van der Waals surface area contributed by atoms with E-state index in [1.165, 1.54) is 0 Å². The summed E-state index contributed by atoms with van der Waals surface area (Å²) in [6.07, 6.45) is 8.47. The monoisotopic (exact) mass is 322 g/mol. The lowest BCUT2D eigenvalue weighted by atomic mass is 9.79. The summed E-state index contributed by atoms with van der Waals surface area (Å²) >= 11 is 0. The number of allylic oxidation sites excluding steroid dienone is 2. The molecular weight excluding hydrogens is 292 g/mol. The van der Waals surface area contributed by atoms with Crippen LogP contribution >= 0.6 is 0 Å². The first kappa shape index (κ1) is 17.6. The van der Waals surface area contributed by atoms with E-state index < -0.39 is 8.32 Å². The summed E-state index contributed by atoms with van der Waals surface area (Å²) in [4.78, 5) is 11.5. The van der Waals surface area contributed by atoms with Crippen LogP contribution in [0.2, 0.25) is 18.1 Å². The van der Waals surface area contributed by atoms with Crippen LogP contribution in [0.5, 0.6) is 0 Å². The molecule has 1 heterocycles. The molecule has 0 N–H and O–H groups in total. The molecule has 1 saturated heterocycles. The van der Waals surface area contributed by atoms with Crippen LogP contribution in [-0.4, -0.2) is 32.4 Å². The molecule has 0 saturated carbocycles. The Morgan fingerprint density at radius 3 is 2.14 bits per heavy atom. The Bertz CT molecular complexity index is 493. The van der Waals surface area contributed by atoms with Crippen LogP contribution < -0.4 is 0 Å². The number of hydrogen-bond acceptors (Lipinski definition) is 3. The standard InChI is InChI=1S/C18H30O3Si/c1-16(2,3)22(6,7)20-13-18(10-8-14(19)9-11-18)12-15-17(4,5)21-15/h8-11,15H,12-13H2,1-7H3. The SMILES string of the molecule is CC1(C)OC1CC1(CO[Si](C)(C)C(C)(C)C)C=CC(=O)C=C1. The number of rotatable bonds is 5. The van der Waals surface area contributed by atoms with Gasteiger partial charge in [-0.3, -0.25) is 4.79 Å². The molecule has 2 rings (SSSR count). The maximum absolute atomic E-state index is 11.5. The van der Waals surface area contributed by atoms with Gasteiger partial charge in [0.15, 0.2) is 14.1 Å². The zero-order valence-electron chi connectivity index (χ0n) is 15.0. The van der Waals surface area contributed by atoms with Gasteiger partial charge in [-0.1, -0.05) is 32.9 Å². The van der Waals surface area contributed by atoms with E-state index in [2.05, 4.69) is 47.7 Å². The number of carbonyl (C=O) groups excluding carboxylic acids is 1. The first-order valence-corrected chi connectivity index (χ1v) is 11.0. The van der Waals surface area contributed by atoms with Gasteiger partial charge in [-0.25, -0.2) is 0 Å². The van der Waals surface area contributed by atoms with Gasteiger partial charge in [-0.05, 0) is 50.6 Å². The second kappa shape index (κ2) is 5.43. The van der Waals surface area contributed by atoms with Crippen molar-refractivity contribution in [3.05, 3.63) is 24.3 Å². The van der Waals surface area contributed by atoms with Crippen molar-refractivity contribution in [3.63, 3.8) is 0 Å². The normalized spacial score (nSPS) is 26.3. The third kappa shape index (κ3) is 3.78. The zero-order valence-corrected chi connectivity index (χ0v) is 16.0. The summed E-state index contributed by atoms with van der Waals surface area (Å²) in [7, 11) is -1.81. The summed E-state index contributed by atoms with van der Waals surface area (Å²) in [5, 5.41) is 0.182. The lowest BCUT2D eigenvalue weighted by molar-refractivity contribution is -0.110. The highest BCUT2D eigenvalue weighted by Crippen LogP contribution is 2.46. The molecule has 1 fully saturated rings. The van der Waals surface area contributed by atoms with Crippen molar-refractivity contribution >= 4 is 14.1 Å². The lowest BCUT2D eigenvalue weighted by Gasteiger charge is -2.40. The Hall–Kier alpha value is -0.713. The van der Waals surface area contributed by atoms with Gasteiger partial charge in [0.25, 0.3) is 0 Å². The van der Waals surface area contributed by atoms with Gasteiger partial charge in [0.1, 0.15) is 0 Å². The highest BCUT2D eigenvalue weighted by molar-refractivity contribution is 6.74. The molecule has 1 aliphatic carbocycles. The molecule has 0 radical (unpaired) electrons. The Morgan fingerprint density at radius 1 is 1.23 bits per heavy atom. The van der Waals surface area contributed by atoms with Crippen molar-refractivity contribution in [1.29, 1.82) is 0 Å². The second-order valence-corrected chi connectivity index (χ2v) is 13.6. The van der Waals surface area contributed by atoms with Gasteiger partial charge in [0, 0.05) is 12.0 Å². The van der Waals surface area contributed by atoms with Crippen LogP contribution in [0.15, 0.2) is 24.3 Å². The Kier molecular flexibility index (Phi) is 4.35. The van der Waals surface area contributed by atoms with Crippen LogP contribution in [0.3, 0.4) is 0 Å². The molecule has 0 aromatic heterocycles. The first-order valence-electron chi connectivity index (χ1n) is 8.11. The highest BCUT2D eigenvalue weighted by Gasteiger charge is 2.51. The van der Waals surface area contributed by atoms with Gasteiger partial charge in [-0.2, -0.15) is 0 Å². The molecule has 4 heteroatoms. The van der Waals surface area contributed by atoms with Gasteiger partial charge >= 0.3 is 0 Å². The van der Waals surface area contributed by atoms with Crippen LogP contribution in [0.4, 0.5) is 0 Å². The molecule has 0 spiro atoms. The summed E-state index contributed by atoms with van der Waals surface area (Å²) in [6.45, 7) is 16.1. The molecule has 1 unspecified atom stereocenters. The van der Waals surface area contributed by atoms with E-state index in [-0.39, 0.29) is 27.9 Å². The number of epoxide rings is 1. The summed E-state index contributed by atoms with van der Waals surface area (Å²) in [5.74, 6) is 0.0546. The molecule has 0 amide bonds. The molecule has 0 bridgehead atoms. The van der Waals surface area contributed by atoms with E-state index in [0.29, 0.717) is 6.61 Å². The molecule has 1 atom stereocenters. The van der Waals surface area contributed by atoms with Crippen LogP contribution in [-0.2, 0) is 14.0 Å². The third-order valence-corrected chi connectivity index (χ3v) is 9.87. The number of carbonyl (C=O) groups is 1. The second-order valence-electron chi connectivity index (χ2n) is 8.77. The topological polar surface area (TPSA) is 38.8 Å². The fraction of sp³-hybridized carbons (Fsp3) is 0.722. The predicted molar refractivity (Wildman–Crippen MR) is 92.4 cm³/mol. The lowest BCUT2D eigenvalue weighted by Crippen LogP contribution is -2.44. The number of ether oxygens (including phenoxy) is 1. The van der Waals surface area contributed by atoms with Gasteiger partial charge in [-0.15, -0.1) is 0 Å². The smallest absolute Gasteiger partial charge is 0.192 e. The number of hydrogen-bond donors (Lipinski definition) is 0. The van der Waals surface area contributed by atoms with E-state index in [0.717, 1.165) is 6.42 Å². The van der Waals surface area contributed by atoms with Crippen LogP contribution in [0.1, 0.15) is 41.0 Å². The van der Waals surface area contributed by atoms with E-state index in [4.69, 9.17) is 9.16 Å². The third-order valence-electron chi connectivity index (χ3n) is 5.40. The van der Waals surface area contributed by atoms with Crippen LogP contribution in [0.25, 0.3) is 0 Å². The largest absolute Gasteiger partial charge is 0.416 e. The molecule has 22 heavy (non-hydrogen) atoms. The molecule has 124 valence electrons. The quantitative estimate of drug-likeness (QED) is 0.561. The average molecular weight is 323 g/mol. The average Bonchev–Trinajstić information content (AvgIpc) is 2.96. The van der Waals surface area contributed by atoms with Gasteiger partial charge in [0.2, 0.25) is 0 Å². The number of ketones is 1. The van der Waals surface area contributed by atoms with Crippen molar-refractivity contribution in [2.24, 2.45) is 5.41 Å². The Balaban J connectivity index is 2.11. The maximum atomic E-state index is 11.5. The van der Waals surface area contributed by atoms with Crippen molar-refractivity contribution in [1.82, 2.24) is 0 Å². The van der Waals surface area contributed by atoms with Crippen molar-refractivity contribution in [2.75, 3.05) is 6.61 Å². The van der Waals surface area contributed by atoms with E-state index in [1.54, 1.807) is 12.2 Å². The fourth-order valence-electron chi connectivity index (χ4n) is 2.40. The molecule has 3 nitrogen and oxygen atoms in total. The Morgan fingerprint density at radius 2 is 1.73 bits per heavy atom. The van der Waals surface area contributed by atoms with E-state index >= 15 is 0 Å². The zero-order chi connectivity index (χ0) is 16.8. The highest BCUT2D eigenvalue weighted by atomic mass is 28.4. The predicted octanol–water partition coefficient (Wildman–Crippen LogP) is 4.26. The molecule has 1 aliphatic heterocycles. The van der Waals surface area contributed by atoms with Gasteiger partial charge < -0.3 is 9.16 Å². The fourth-order valence-corrected chi connectivity index (χ4v) is 3.46. The molecule has 0 aromatic rings. The minimum absolute atomic E-state index is 0.0485. The molecule has 0 aromatic carbocycles. The van der Waals surface area contributed by atoms with Crippen molar-refractivity contribution in [3.8, 4) is 0 Å². The van der Waals surface area contributed by atoms with Crippen LogP contribution in [0, 0.1) is 5.41 Å². The Labute approximate surface area is 135 Å². The minimum atomic E-state index is -1.81. The first-order chi connectivity index (χ1) is 9.87. The maximum Gasteiger partial charge on any atom is 0.192 e. The van der Waals surface area contributed by atoms with E-state index in [1.807, 2.05) is 12.2 Å². The summed E-state index contributed by atoms with van der Waals surface area (Å²) < 4.78 is 12.2. The summed E-state index contributed by atoms with van der Waals surface area (Å²) in [5.41, 5.74) is -0.269. The minimum Gasteiger partial charge on any atom is -0.416 e. The van der Waals surface area contributed by atoms with Crippen molar-refractivity contribution < 1.29 is 14.0 Å². The van der Waals surface area contributed by atoms with E-state index in [9.17, 15) is 4.79 Å². The molecular formula is C18H30O3Si.